The Labute approximate surface area is 110 Å². The summed E-state index contributed by atoms with van der Waals surface area (Å²) < 4.78 is 22.9. The first-order valence-electron chi connectivity index (χ1n) is 5.40. The summed E-state index contributed by atoms with van der Waals surface area (Å²) in [5, 5.41) is 11.7. The summed E-state index contributed by atoms with van der Waals surface area (Å²) >= 11 is 5.75. The van der Waals surface area contributed by atoms with Crippen molar-refractivity contribution in [3.05, 3.63) is 17.0 Å². The zero-order chi connectivity index (χ0) is 13.2. The SMILES string of the molecule is N#Cc1ncc(N[C@H]2CCCS(=O)(=O)C2)nc1Cl. The Morgan fingerprint density at radius 3 is 2.94 bits per heavy atom. The van der Waals surface area contributed by atoms with Crippen LogP contribution in [-0.4, -0.2) is 35.9 Å². The lowest BCUT2D eigenvalue weighted by atomic mass is 10.2. The van der Waals surface area contributed by atoms with Gasteiger partial charge in [0, 0.05) is 6.04 Å². The Morgan fingerprint density at radius 1 is 1.56 bits per heavy atom. The number of nitriles is 1. The molecule has 0 radical (unpaired) electrons. The summed E-state index contributed by atoms with van der Waals surface area (Å²) in [5.74, 6) is 0.721. The number of halogens is 1. The lowest BCUT2D eigenvalue weighted by molar-refractivity contribution is 0.561. The average Bonchev–Trinajstić information content (AvgIpc) is 2.28. The number of nitrogens with one attached hydrogen (secondary N) is 1. The maximum atomic E-state index is 11.5. The van der Waals surface area contributed by atoms with Crippen molar-refractivity contribution in [3.63, 3.8) is 0 Å². The quantitative estimate of drug-likeness (QED) is 0.871. The molecule has 1 aromatic heterocycles. The van der Waals surface area contributed by atoms with E-state index in [1.165, 1.54) is 6.20 Å². The van der Waals surface area contributed by atoms with E-state index in [-0.39, 0.29) is 28.4 Å². The standard InChI is InChI=1S/C10H11ClN4O2S/c11-10-8(4-12)13-5-9(15-10)14-7-2-1-3-18(16,17)6-7/h5,7H,1-3,6H2,(H,14,15)/t7-/m0/s1. The number of nitrogens with zero attached hydrogens (tertiary/aromatic N) is 3. The number of rotatable bonds is 2. The third-order valence-electron chi connectivity index (χ3n) is 2.65. The highest BCUT2D eigenvalue weighted by Crippen LogP contribution is 2.18. The van der Waals surface area contributed by atoms with E-state index in [4.69, 9.17) is 16.9 Å². The molecule has 6 nitrogen and oxygen atoms in total. The molecule has 0 spiro atoms. The number of aromatic nitrogens is 2. The van der Waals surface area contributed by atoms with Gasteiger partial charge in [-0.25, -0.2) is 18.4 Å². The van der Waals surface area contributed by atoms with Crippen molar-refractivity contribution in [1.82, 2.24) is 9.97 Å². The van der Waals surface area contributed by atoms with Crippen molar-refractivity contribution in [3.8, 4) is 6.07 Å². The number of anilines is 1. The Balaban J connectivity index is 2.10. The first kappa shape index (κ1) is 13.1. The second kappa shape index (κ2) is 5.08. The summed E-state index contributed by atoms with van der Waals surface area (Å²) in [5.41, 5.74) is 0.0542. The molecule has 0 amide bonds. The number of hydrogen-bond donors (Lipinski definition) is 1. The summed E-state index contributed by atoms with van der Waals surface area (Å²) in [4.78, 5) is 7.79. The second-order valence-corrected chi connectivity index (χ2v) is 6.69. The molecule has 1 N–H and O–H groups in total. The molecular weight excluding hydrogens is 276 g/mol. The fraction of sp³-hybridized carbons (Fsp3) is 0.500. The van der Waals surface area contributed by atoms with Crippen LogP contribution in [0.1, 0.15) is 18.5 Å². The fourth-order valence-electron chi connectivity index (χ4n) is 1.86. The van der Waals surface area contributed by atoms with E-state index in [9.17, 15) is 8.42 Å². The highest BCUT2D eigenvalue weighted by molar-refractivity contribution is 7.91. The van der Waals surface area contributed by atoms with E-state index in [2.05, 4.69) is 15.3 Å². The minimum atomic E-state index is -2.97. The molecule has 2 rings (SSSR count). The highest BCUT2D eigenvalue weighted by Gasteiger charge is 2.25. The predicted molar refractivity (Wildman–Crippen MR) is 67.1 cm³/mol. The molecule has 0 aliphatic carbocycles. The molecule has 0 bridgehead atoms. The minimum Gasteiger partial charge on any atom is -0.365 e. The number of sulfone groups is 1. The Morgan fingerprint density at radius 2 is 2.33 bits per heavy atom. The van der Waals surface area contributed by atoms with Crippen LogP contribution in [0.5, 0.6) is 0 Å². The monoisotopic (exact) mass is 286 g/mol. The third kappa shape index (κ3) is 3.09. The Bertz CT molecular complexity index is 596. The lowest BCUT2D eigenvalue weighted by Gasteiger charge is -2.23. The van der Waals surface area contributed by atoms with Crippen molar-refractivity contribution in [1.29, 1.82) is 5.26 Å². The topological polar surface area (TPSA) is 95.7 Å². The molecule has 1 aromatic rings. The van der Waals surface area contributed by atoms with Gasteiger partial charge in [-0.15, -0.1) is 0 Å². The molecule has 1 aliphatic heterocycles. The summed E-state index contributed by atoms with van der Waals surface area (Å²) in [6.45, 7) is 0. The van der Waals surface area contributed by atoms with Gasteiger partial charge < -0.3 is 5.32 Å². The molecule has 0 unspecified atom stereocenters. The molecule has 8 heteroatoms. The number of hydrogen-bond acceptors (Lipinski definition) is 6. The van der Waals surface area contributed by atoms with Crippen LogP contribution < -0.4 is 5.32 Å². The summed E-state index contributed by atoms with van der Waals surface area (Å²) in [6, 6.07) is 1.63. The maximum Gasteiger partial charge on any atom is 0.178 e. The van der Waals surface area contributed by atoms with Gasteiger partial charge in [0.1, 0.15) is 11.9 Å². The molecule has 1 aliphatic rings. The van der Waals surface area contributed by atoms with E-state index >= 15 is 0 Å². The van der Waals surface area contributed by atoms with E-state index < -0.39 is 9.84 Å². The van der Waals surface area contributed by atoms with Crippen LogP contribution >= 0.6 is 11.6 Å². The summed E-state index contributed by atoms with van der Waals surface area (Å²) in [6.07, 6.45) is 2.78. The first-order chi connectivity index (χ1) is 8.50. The van der Waals surface area contributed by atoms with Crippen molar-refractivity contribution in [2.24, 2.45) is 0 Å². The normalized spacial score (nSPS) is 22.1. The fourth-order valence-corrected chi connectivity index (χ4v) is 3.68. The van der Waals surface area contributed by atoms with Crippen molar-refractivity contribution < 1.29 is 8.42 Å². The lowest BCUT2D eigenvalue weighted by Crippen LogP contribution is -2.35. The molecule has 1 atom stereocenters. The van der Waals surface area contributed by atoms with Gasteiger partial charge in [0.15, 0.2) is 20.7 Å². The summed E-state index contributed by atoms with van der Waals surface area (Å²) in [7, 11) is -2.97. The van der Waals surface area contributed by atoms with Gasteiger partial charge in [0.05, 0.1) is 17.7 Å². The average molecular weight is 287 g/mol. The largest absolute Gasteiger partial charge is 0.365 e. The van der Waals surface area contributed by atoms with Crippen LogP contribution in [0.15, 0.2) is 6.20 Å². The van der Waals surface area contributed by atoms with Crippen molar-refractivity contribution in [2.75, 3.05) is 16.8 Å². The molecule has 2 heterocycles. The Kier molecular flexibility index (Phi) is 3.68. The van der Waals surface area contributed by atoms with E-state index in [1.807, 2.05) is 6.07 Å². The van der Waals surface area contributed by atoms with Crippen LogP contribution in [0, 0.1) is 11.3 Å². The van der Waals surface area contributed by atoms with E-state index in [0.717, 1.165) is 6.42 Å². The van der Waals surface area contributed by atoms with Gasteiger partial charge in [-0.05, 0) is 12.8 Å². The highest BCUT2D eigenvalue weighted by atomic mass is 35.5. The van der Waals surface area contributed by atoms with Crippen molar-refractivity contribution in [2.45, 2.75) is 18.9 Å². The molecule has 0 saturated carbocycles. The first-order valence-corrected chi connectivity index (χ1v) is 7.60. The van der Waals surface area contributed by atoms with Gasteiger partial charge >= 0.3 is 0 Å². The van der Waals surface area contributed by atoms with Crippen molar-refractivity contribution >= 4 is 27.3 Å². The van der Waals surface area contributed by atoms with E-state index in [0.29, 0.717) is 12.2 Å². The molecule has 1 fully saturated rings. The third-order valence-corrected chi connectivity index (χ3v) is 4.74. The zero-order valence-corrected chi connectivity index (χ0v) is 11.0. The smallest absolute Gasteiger partial charge is 0.178 e. The van der Waals surface area contributed by atoms with Gasteiger partial charge in [-0.3, -0.25) is 0 Å². The molecule has 18 heavy (non-hydrogen) atoms. The van der Waals surface area contributed by atoms with Gasteiger partial charge in [0.25, 0.3) is 0 Å². The van der Waals surface area contributed by atoms with Crippen LogP contribution in [0.3, 0.4) is 0 Å². The van der Waals surface area contributed by atoms with Crippen LogP contribution in [0.2, 0.25) is 5.15 Å². The molecule has 0 aromatic carbocycles. The Hall–Kier alpha value is -1.39. The second-order valence-electron chi connectivity index (χ2n) is 4.10. The van der Waals surface area contributed by atoms with Crippen LogP contribution in [0.4, 0.5) is 5.82 Å². The van der Waals surface area contributed by atoms with Gasteiger partial charge in [-0.2, -0.15) is 5.26 Å². The van der Waals surface area contributed by atoms with Crippen LogP contribution in [-0.2, 0) is 9.84 Å². The van der Waals surface area contributed by atoms with Gasteiger partial charge in [-0.1, -0.05) is 11.6 Å². The molecule has 96 valence electrons. The molecular formula is C10H11ClN4O2S. The van der Waals surface area contributed by atoms with Gasteiger partial charge in [0.2, 0.25) is 0 Å². The zero-order valence-electron chi connectivity index (χ0n) is 9.43. The van der Waals surface area contributed by atoms with E-state index in [1.54, 1.807) is 0 Å². The molecule has 1 saturated heterocycles. The van der Waals surface area contributed by atoms with Crippen LogP contribution in [0.25, 0.3) is 0 Å². The predicted octanol–water partition coefficient (Wildman–Crippen LogP) is 0.991. The maximum absolute atomic E-state index is 11.5. The minimum absolute atomic E-state index is 0.0150.